The van der Waals surface area contributed by atoms with Crippen molar-refractivity contribution in [1.29, 1.82) is 0 Å². The van der Waals surface area contributed by atoms with Gasteiger partial charge >= 0.3 is 0 Å². The van der Waals surface area contributed by atoms with Crippen molar-refractivity contribution in [2.24, 2.45) is 5.92 Å². The summed E-state index contributed by atoms with van der Waals surface area (Å²) in [5.41, 5.74) is 4.55. The number of aromatic nitrogens is 2. The van der Waals surface area contributed by atoms with Crippen molar-refractivity contribution < 1.29 is 9.59 Å². The van der Waals surface area contributed by atoms with Crippen LogP contribution in [-0.2, 0) is 11.3 Å². The molecule has 1 aliphatic carbocycles. The number of carbonyl (C=O) groups is 2. The van der Waals surface area contributed by atoms with E-state index in [1.165, 1.54) is 0 Å². The van der Waals surface area contributed by atoms with E-state index < -0.39 is 0 Å². The molecule has 0 aliphatic heterocycles. The Hall–Kier alpha value is -4.19. The SMILES string of the molecule is O=C(NCc1cccc(NC(=O)C2CC2)c1)c1cn(-c2ccccc2)nc1-c1ccccc1. The number of para-hydroxylation sites is 1. The lowest BCUT2D eigenvalue weighted by molar-refractivity contribution is -0.117. The monoisotopic (exact) mass is 436 g/mol. The maximum atomic E-state index is 13.2. The first-order valence-electron chi connectivity index (χ1n) is 11.1. The number of nitrogens with one attached hydrogen (secondary N) is 2. The van der Waals surface area contributed by atoms with Crippen LogP contribution in [0.2, 0.25) is 0 Å². The van der Waals surface area contributed by atoms with E-state index in [0.29, 0.717) is 17.8 Å². The molecule has 0 atom stereocenters. The molecule has 4 aromatic rings. The van der Waals surface area contributed by atoms with Gasteiger partial charge in [0.25, 0.3) is 5.91 Å². The summed E-state index contributed by atoms with van der Waals surface area (Å²) < 4.78 is 1.73. The fraction of sp³-hybridized carbons (Fsp3) is 0.148. The van der Waals surface area contributed by atoms with Crippen LogP contribution in [0.15, 0.2) is 91.1 Å². The lowest BCUT2D eigenvalue weighted by Crippen LogP contribution is -2.23. The van der Waals surface area contributed by atoms with Crippen molar-refractivity contribution in [3.8, 4) is 16.9 Å². The quantitative estimate of drug-likeness (QED) is 0.436. The molecular formula is C27H24N4O2. The maximum Gasteiger partial charge on any atom is 0.255 e. The van der Waals surface area contributed by atoms with E-state index >= 15 is 0 Å². The minimum Gasteiger partial charge on any atom is -0.348 e. The highest BCUT2D eigenvalue weighted by Gasteiger charge is 2.29. The van der Waals surface area contributed by atoms with Crippen molar-refractivity contribution in [3.05, 3.63) is 102 Å². The summed E-state index contributed by atoms with van der Waals surface area (Å²) in [6, 6.07) is 27.0. The summed E-state index contributed by atoms with van der Waals surface area (Å²) in [6.45, 7) is 0.344. The summed E-state index contributed by atoms with van der Waals surface area (Å²) >= 11 is 0. The lowest BCUT2D eigenvalue weighted by atomic mass is 10.1. The average molecular weight is 437 g/mol. The smallest absolute Gasteiger partial charge is 0.255 e. The fourth-order valence-electron chi connectivity index (χ4n) is 3.69. The highest BCUT2D eigenvalue weighted by atomic mass is 16.2. The van der Waals surface area contributed by atoms with Gasteiger partial charge in [-0.1, -0.05) is 60.7 Å². The highest BCUT2D eigenvalue weighted by molar-refractivity contribution is 6.00. The Morgan fingerprint density at radius 1 is 0.909 bits per heavy atom. The molecule has 1 fully saturated rings. The zero-order chi connectivity index (χ0) is 22.6. The van der Waals surface area contributed by atoms with Gasteiger partial charge < -0.3 is 10.6 Å². The number of benzene rings is 3. The van der Waals surface area contributed by atoms with E-state index in [0.717, 1.165) is 35.3 Å². The second-order valence-electron chi connectivity index (χ2n) is 8.18. The first-order chi connectivity index (χ1) is 16.2. The van der Waals surface area contributed by atoms with Crippen LogP contribution in [0.4, 0.5) is 5.69 Å². The molecule has 1 aromatic heterocycles. The van der Waals surface area contributed by atoms with Gasteiger partial charge in [-0.05, 0) is 42.7 Å². The van der Waals surface area contributed by atoms with Crippen molar-refractivity contribution in [1.82, 2.24) is 15.1 Å². The summed E-state index contributed by atoms with van der Waals surface area (Å²) in [6.07, 6.45) is 3.68. The van der Waals surface area contributed by atoms with Crippen LogP contribution in [0.1, 0.15) is 28.8 Å². The van der Waals surface area contributed by atoms with Gasteiger partial charge in [0, 0.05) is 29.9 Å². The molecule has 1 saturated carbocycles. The van der Waals surface area contributed by atoms with Crippen LogP contribution in [0.3, 0.4) is 0 Å². The van der Waals surface area contributed by atoms with Crippen LogP contribution in [-0.4, -0.2) is 21.6 Å². The van der Waals surface area contributed by atoms with Crippen LogP contribution in [0.25, 0.3) is 16.9 Å². The van der Waals surface area contributed by atoms with E-state index in [2.05, 4.69) is 10.6 Å². The summed E-state index contributed by atoms with van der Waals surface area (Å²) in [5.74, 6) is 0.00591. The third kappa shape index (κ3) is 4.85. The highest BCUT2D eigenvalue weighted by Crippen LogP contribution is 2.30. The zero-order valence-corrected chi connectivity index (χ0v) is 18.1. The number of hydrogen-bond donors (Lipinski definition) is 2. The second kappa shape index (κ2) is 9.12. The molecule has 6 nitrogen and oxygen atoms in total. The minimum absolute atomic E-state index is 0.0667. The Kier molecular flexibility index (Phi) is 5.72. The first-order valence-corrected chi connectivity index (χ1v) is 11.1. The van der Waals surface area contributed by atoms with Gasteiger partial charge in [-0.3, -0.25) is 9.59 Å². The normalized spacial score (nSPS) is 12.8. The molecule has 0 bridgehead atoms. The number of rotatable bonds is 7. The van der Waals surface area contributed by atoms with E-state index in [1.807, 2.05) is 84.9 Å². The summed E-state index contributed by atoms with van der Waals surface area (Å²) in [5, 5.41) is 10.7. The molecule has 33 heavy (non-hydrogen) atoms. The third-order valence-electron chi connectivity index (χ3n) is 5.62. The molecule has 5 rings (SSSR count). The van der Waals surface area contributed by atoms with Gasteiger partial charge in [-0.15, -0.1) is 0 Å². The number of anilines is 1. The topological polar surface area (TPSA) is 76.0 Å². The number of carbonyl (C=O) groups excluding carboxylic acids is 2. The Balaban J connectivity index is 1.36. The standard InChI is InChI=1S/C27H24N4O2/c32-26(21-14-15-21)29-22-11-7-8-19(16-22)17-28-27(33)24-18-31(23-12-5-2-6-13-23)30-25(24)20-9-3-1-4-10-20/h1-13,16,18,21H,14-15,17H2,(H,28,33)(H,29,32). The maximum absolute atomic E-state index is 13.2. The molecule has 0 radical (unpaired) electrons. The Bertz CT molecular complexity index is 1280. The van der Waals surface area contributed by atoms with Crippen molar-refractivity contribution >= 4 is 17.5 Å². The zero-order valence-electron chi connectivity index (χ0n) is 18.1. The number of nitrogens with zero attached hydrogens (tertiary/aromatic N) is 2. The van der Waals surface area contributed by atoms with Crippen LogP contribution in [0, 0.1) is 5.92 Å². The van der Waals surface area contributed by atoms with Gasteiger partial charge in [0.2, 0.25) is 5.91 Å². The molecule has 1 heterocycles. The van der Waals surface area contributed by atoms with E-state index in [-0.39, 0.29) is 17.7 Å². The van der Waals surface area contributed by atoms with Gasteiger partial charge in [0.05, 0.1) is 11.3 Å². The van der Waals surface area contributed by atoms with Gasteiger partial charge in [0.1, 0.15) is 5.69 Å². The first kappa shape index (κ1) is 20.7. The van der Waals surface area contributed by atoms with Gasteiger partial charge in [0.15, 0.2) is 0 Å². The van der Waals surface area contributed by atoms with E-state index in [1.54, 1.807) is 10.9 Å². The fourth-order valence-corrected chi connectivity index (χ4v) is 3.69. The average Bonchev–Trinajstić information content (AvgIpc) is 3.62. The molecule has 6 heteroatoms. The van der Waals surface area contributed by atoms with E-state index in [4.69, 9.17) is 5.10 Å². The predicted octanol–water partition coefficient (Wildman–Crippen LogP) is 4.82. The molecule has 1 aliphatic rings. The van der Waals surface area contributed by atoms with Crippen LogP contribution in [0.5, 0.6) is 0 Å². The van der Waals surface area contributed by atoms with Crippen molar-refractivity contribution in [2.45, 2.75) is 19.4 Å². The molecule has 0 unspecified atom stereocenters. The number of hydrogen-bond acceptors (Lipinski definition) is 3. The second-order valence-corrected chi connectivity index (χ2v) is 8.18. The molecule has 0 saturated heterocycles. The Morgan fingerprint density at radius 3 is 2.36 bits per heavy atom. The van der Waals surface area contributed by atoms with Crippen LogP contribution < -0.4 is 10.6 Å². The Morgan fingerprint density at radius 2 is 1.64 bits per heavy atom. The molecule has 0 spiro atoms. The largest absolute Gasteiger partial charge is 0.348 e. The molecule has 2 amide bonds. The van der Waals surface area contributed by atoms with Crippen molar-refractivity contribution in [3.63, 3.8) is 0 Å². The molecular weight excluding hydrogens is 412 g/mol. The van der Waals surface area contributed by atoms with Crippen LogP contribution >= 0.6 is 0 Å². The third-order valence-corrected chi connectivity index (χ3v) is 5.62. The summed E-state index contributed by atoms with van der Waals surface area (Å²) in [7, 11) is 0. The predicted molar refractivity (Wildman–Crippen MR) is 128 cm³/mol. The molecule has 164 valence electrons. The molecule has 2 N–H and O–H groups in total. The van der Waals surface area contributed by atoms with Gasteiger partial charge in [-0.25, -0.2) is 4.68 Å². The summed E-state index contributed by atoms with van der Waals surface area (Å²) in [4.78, 5) is 25.2. The molecule has 3 aromatic carbocycles. The van der Waals surface area contributed by atoms with Crippen molar-refractivity contribution in [2.75, 3.05) is 5.32 Å². The Labute approximate surface area is 192 Å². The minimum atomic E-state index is -0.205. The number of amides is 2. The lowest BCUT2D eigenvalue weighted by Gasteiger charge is -2.09. The van der Waals surface area contributed by atoms with Gasteiger partial charge in [-0.2, -0.15) is 5.10 Å². The van der Waals surface area contributed by atoms with E-state index in [9.17, 15) is 9.59 Å².